The van der Waals surface area contributed by atoms with Crippen LogP contribution in [0.3, 0.4) is 0 Å². The largest absolute Gasteiger partial charge is 0.396 e. The minimum Gasteiger partial charge on any atom is -0.396 e. The molecule has 0 heterocycles. The van der Waals surface area contributed by atoms with Crippen LogP contribution in [0.5, 0.6) is 0 Å². The molecule has 0 saturated heterocycles. The van der Waals surface area contributed by atoms with Gasteiger partial charge >= 0.3 is 0 Å². The van der Waals surface area contributed by atoms with Crippen molar-refractivity contribution in [2.45, 2.75) is 19.4 Å². The van der Waals surface area contributed by atoms with Gasteiger partial charge in [-0.1, -0.05) is 12.0 Å². The first-order chi connectivity index (χ1) is 6.79. The van der Waals surface area contributed by atoms with Crippen LogP contribution in [0.15, 0.2) is 0 Å². The van der Waals surface area contributed by atoms with Gasteiger partial charge in [0.25, 0.3) is 0 Å². The molecule has 85 valence electrons. The van der Waals surface area contributed by atoms with Gasteiger partial charge in [-0.3, -0.25) is 0 Å². The number of hydrogen-bond acceptors (Lipinski definition) is 6. The Morgan fingerprint density at radius 3 is 2.29 bits per heavy atom. The van der Waals surface area contributed by atoms with E-state index in [2.05, 4.69) is 14.8 Å². The second-order valence-corrected chi connectivity index (χ2v) is 2.63. The molecule has 3 N–H and O–H groups in total. The van der Waals surface area contributed by atoms with Gasteiger partial charge in [-0.2, -0.15) is 4.89 Å². The van der Waals surface area contributed by atoms with Crippen molar-refractivity contribution in [2.75, 3.05) is 26.4 Å². The number of hydrogen-bond donors (Lipinski definition) is 3. The summed E-state index contributed by atoms with van der Waals surface area (Å²) in [5.74, 6) is 0.229. The average Bonchev–Trinajstić information content (AvgIpc) is 2.23. The van der Waals surface area contributed by atoms with Crippen molar-refractivity contribution >= 4 is 0 Å². The Kier molecular flexibility index (Phi) is 9.16. The van der Waals surface area contributed by atoms with E-state index in [1.165, 1.54) is 0 Å². The van der Waals surface area contributed by atoms with Gasteiger partial charge in [-0.05, 0) is 6.42 Å². The summed E-state index contributed by atoms with van der Waals surface area (Å²) in [6, 6.07) is 0. The lowest BCUT2D eigenvalue weighted by molar-refractivity contribution is -0.526. The topological polar surface area (TPSA) is 88.4 Å². The van der Waals surface area contributed by atoms with Crippen LogP contribution in [-0.2, 0) is 14.8 Å². The third kappa shape index (κ3) is 5.48. The van der Waals surface area contributed by atoms with Crippen molar-refractivity contribution in [3.8, 4) is 0 Å². The van der Waals surface area contributed by atoms with Crippen molar-refractivity contribution in [3.05, 3.63) is 5.92 Å². The second kappa shape index (κ2) is 9.32. The van der Waals surface area contributed by atoms with Gasteiger partial charge in [0.15, 0.2) is 0 Å². The standard InChI is InChI=1S/C8H17O6/c1-2-3-12-14-13-8(6-11)7(4-9)5-10/h8-11H,2-6H2,1H3. The maximum absolute atomic E-state index is 8.81. The number of aliphatic hydroxyl groups is 3. The molecule has 0 fully saturated rings. The summed E-state index contributed by atoms with van der Waals surface area (Å²) in [6.07, 6.45) is -0.106. The Bertz CT molecular complexity index is 116. The summed E-state index contributed by atoms with van der Waals surface area (Å²) < 4.78 is 0. The van der Waals surface area contributed by atoms with Gasteiger partial charge < -0.3 is 15.3 Å². The molecule has 6 nitrogen and oxygen atoms in total. The first kappa shape index (κ1) is 13.8. The fraction of sp³-hybridized carbons (Fsp3) is 0.875. The van der Waals surface area contributed by atoms with E-state index >= 15 is 0 Å². The summed E-state index contributed by atoms with van der Waals surface area (Å²) in [6.45, 7) is 1.11. The third-order valence-corrected chi connectivity index (χ3v) is 1.52. The summed E-state index contributed by atoms with van der Waals surface area (Å²) in [5.41, 5.74) is 0. The fourth-order valence-corrected chi connectivity index (χ4v) is 0.674. The van der Waals surface area contributed by atoms with Crippen molar-refractivity contribution < 1.29 is 30.1 Å². The van der Waals surface area contributed by atoms with Gasteiger partial charge in [0.05, 0.1) is 32.3 Å². The molecule has 1 unspecified atom stereocenters. The first-order valence-corrected chi connectivity index (χ1v) is 4.42. The van der Waals surface area contributed by atoms with E-state index in [-0.39, 0.29) is 19.1 Å². The summed E-state index contributed by atoms with van der Waals surface area (Å²) >= 11 is 0. The van der Waals surface area contributed by atoms with E-state index in [1.54, 1.807) is 0 Å². The normalized spacial score (nSPS) is 13.5. The molecule has 0 aromatic carbocycles. The smallest absolute Gasteiger partial charge is 0.130 e. The molecule has 1 atom stereocenters. The number of rotatable bonds is 9. The van der Waals surface area contributed by atoms with E-state index in [0.717, 1.165) is 6.42 Å². The van der Waals surface area contributed by atoms with E-state index in [1.807, 2.05) is 6.92 Å². The highest BCUT2D eigenvalue weighted by Gasteiger charge is 2.22. The van der Waals surface area contributed by atoms with Crippen LogP contribution in [0.4, 0.5) is 0 Å². The molecule has 6 heteroatoms. The van der Waals surface area contributed by atoms with Gasteiger partial charge in [-0.25, -0.2) is 4.89 Å². The van der Waals surface area contributed by atoms with E-state index in [0.29, 0.717) is 6.61 Å². The molecule has 0 aliphatic carbocycles. The Labute approximate surface area is 82.9 Å². The lowest BCUT2D eigenvalue weighted by Crippen LogP contribution is -2.31. The summed E-state index contributed by atoms with van der Waals surface area (Å²) in [7, 11) is 0. The van der Waals surface area contributed by atoms with Crippen LogP contribution in [0.2, 0.25) is 0 Å². The predicted octanol–water partition coefficient (Wildman–Crippen LogP) is -0.804. The first-order valence-electron chi connectivity index (χ1n) is 4.42. The Balaban J connectivity index is 3.65. The molecule has 0 spiro atoms. The Hall–Kier alpha value is -0.240. The van der Waals surface area contributed by atoms with Crippen LogP contribution in [0, 0.1) is 5.92 Å². The maximum atomic E-state index is 8.81. The van der Waals surface area contributed by atoms with E-state index in [4.69, 9.17) is 15.3 Å². The minimum atomic E-state index is -0.873. The predicted molar refractivity (Wildman–Crippen MR) is 46.7 cm³/mol. The average molecular weight is 209 g/mol. The van der Waals surface area contributed by atoms with Gasteiger partial charge in [0.1, 0.15) is 6.10 Å². The van der Waals surface area contributed by atoms with Gasteiger partial charge in [-0.15, -0.1) is 0 Å². The van der Waals surface area contributed by atoms with Crippen LogP contribution in [0.25, 0.3) is 0 Å². The van der Waals surface area contributed by atoms with E-state index < -0.39 is 12.7 Å². The molecule has 0 rings (SSSR count). The second-order valence-electron chi connectivity index (χ2n) is 2.63. The van der Waals surface area contributed by atoms with E-state index in [9.17, 15) is 0 Å². The quantitative estimate of drug-likeness (QED) is 0.262. The lowest BCUT2D eigenvalue weighted by Gasteiger charge is -2.19. The highest BCUT2D eigenvalue weighted by atomic mass is 17.5. The third-order valence-electron chi connectivity index (χ3n) is 1.52. The highest BCUT2D eigenvalue weighted by molar-refractivity contribution is 4.96. The van der Waals surface area contributed by atoms with Gasteiger partial charge in [0, 0.05) is 0 Å². The number of aliphatic hydroxyl groups excluding tert-OH is 3. The SMILES string of the molecule is CCCOOOC(CO)[C](CO)CO. The molecule has 0 aliphatic rings. The molecule has 14 heavy (non-hydrogen) atoms. The van der Waals surface area contributed by atoms with Crippen LogP contribution in [0.1, 0.15) is 13.3 Å². The summed E-state index contributed by atoms with van der Waals surface area (Å²) in [4.78, 5) is 9.15. The molecule has 0 aliphatic heterocycles. The van der Waals surface area contributed by atoms with Crippen molar-refractivity contribution in [3.63, 3.8) is 0 Å². The Morgan fingerprint density at radius 1 is 1.21 bits per heavy atom. The maximum Gasteiger partial charge on any atom is 0.130 e. The highest BCUT2D eigenvalue weighted by Crippen LogP contribution is 2.09. The van der Waals surface area contributed by atoms with Gasteiger partial charge in [0.2, 0.25) is 0 Å². The molecule has 1 radical (unpaired) electrons. The van der Waals surface area contributed by atoms with Crippen molar-refractivity contribution in [2.24, 2.45) is 0 Å². The molecule has 0 amide bonds. The molecule has 0 aromatic rings. The van der Waals surface area contributed by atoms with Crippen LogP contribution in [-0.4, -0.2) is 47.9 Å². The molecular formula is C8H17O6. The molecule has 0 aromatic heterocycles. The Morgan fingerprint density at radius 2 is 1.86 bits per heavy atom. The molecule has 0 bridgehead atoms. The zero-order chi connectivity index (χ0) is 10.8. The summed E-state index contributed by atoms with van der Waals surface area (Å²) in [5, 5.41) is 30.6. The molecular weight excluding hydrogens is 192 g/mol. The van der Waals surface area contributed by atoms with Crippen LogP contribution < -0.4 is 0 Å². The zero-order valence-electron chi connectivity index (χ0n) is 8.18. The van der Waals surface area contributed by atoms with Crippen molar-refractivity contribution in [1.29, 1.82) is 0 Å². The van der Waals surface area contributed by atoms with Crippen molar-refractivity contribution in [1.82, 2.24) is 0 Å². The molecule has 0 saturated carbocycles. The monoisotopic (exact) mass is 209 g/mol. The minimum absolute atomic E-state index is 0.229. The lowest BCUT2D eigenvalue weighted by atomic mass is 10.1. The fourth-order valence-electron chi connectivity index (χ4n) is 0.674. The van der Waals surface area contributed by atoms with Crippen LogP contribution >= 0.6 is 0 Å². The zero-order valence-corrected chi connectivity index (χ0v) is 8.18.